The minimum atomic E-state index is -3.32. The molecule has 0 atom stereocenters. The van der Waals surface area contributed by atoms with Gasteiger partial charge in [0.2, 0.25) is 5.88 Å². The quantitative estimate of drug-likeness (QED) is 0.870. The molecule has 0 aliphatic carbocycles. The number of ether oxygens (including phenoxy) is 1. The maximum Gasteiger partial charge on any atom is 0.214 e. The standard InChI is InChI=1S/C13H17NO3S2/c1-5-17-11-6-9(4)13-12(14-11)10(7-18-13)19(15,16)8(2)3/h6-8H,5H2,1-4H3. The summed E-state index contributed by atoms with van der Waals surface area (Å²) in [6.07, 6.45) is 0. The summed E-state index contributed by atoms with van der Waals surface area (Å²) in [5.74, 6) is 0.478. The van der Waals surface area contributed by atoms with Crippen molar-refractivity contribution in [3.8, 4) is 5.88 Å². The molecule has 2 heterocycles. The first-order chi connectivity index (χ1) is 8.87. The molecule has 0 unspecified atom stereocenters. The van der Waals surface area contributed by atoms with Gasteiger partial charge >= 0.3 is 0 Å². The van der Waals surface area contributed by atoms with E-state index in [9.17, 15) is 8.42 Å². The molecule has 0 saturated carbocycles. The highest BCUT2D eigenvalue weighted by molar-refractivity contribution is 7.92. The zero-order valence-electron chi connectivity index (χ0n) is 11.4. The van der Waals surface area contributed by atoms with E-state index in [1.807, 2.05) is 19.9 Å². The van der Waals surface area contributed by atoms with Gasteiger partial charge in [-0.3, -0.25) is 0 Å². The molecule has 0 aromatic carbocycles. The lowest BCUT2D eigenvalue weighted by molar-refractivity contribution is 0.328. The van der Waals surface area contributed by atoms with Crippen molar-refractivity contribution in [2.75, 3.05) is 6.61 Å². The Balaban J connectivity index is 2.71. The van der Waals surface area contributed by atoms with E-state index in [0.717, 1.165) is 10.3 Å². The maximum absolute atomic E-state index is 12.3. The summed E-state index contributed by atoms with van der Waals surface area (Å²) >= 11 is 1.41. The van der Waals surface area contributed by atoms with Crippen molar-refractivity contribution in [3.05, 3.63) is 17.0 Å². The van der Waals surface area contributed by atoms with E-state index in [1.165, 1.54) is 11.3 Å². The Labute approximate surface area is 117 Å². The monoisotopic (exact) mass is 299 g/mol. The number of pyridine rings is 1. The molecule has 19 heavy (non-hydrogen) atoms. The summed E-state index contributed by atoms with van der Waals surface area (Å²) in [6, 6.07) is 1.84. The molecule has 0 fully saturated rings. The third-order valence-electron chi connectivity index (χ3n) is 2.87. The Kier molecular flexibility index (Phi) is 3.82. The molecule has 0 aliphatic rings. The number of fused-ring (bicyclic) bond motifs is 1. The molecule has 0 spiro atoms. The second-order valence-corrected chi connectivity index (χ2v) is 7.93. The highest BCUT2D eigenvalue weighted by Crippen LogP contribution is 2.34. The molecule has 2 aromatic heterocycles. The Hall–Kier alpha value is -1.14. The first kappa shape index (κ1) is 14.3. The van der Waals surface area contributed by atoms with Crippen molar-refractivity contribution < 1.29 is 13.2 Å². The summed E-state index contributed by atoms with van der Waals surface area (Å²) in [6.45, 7) is 7.68. The first-order valence-corrected chi connectivity index (χ1v) is 8.56. The van der Waals surface area contributed by atoms with Crippen molar-refractivity contribution in [2.24, 2.45) is 0 Å². The zero-order valence-corrected chi connectivity index (χ0v) is 13.1. The van der Waals surface area contributed by atoms with Gasteiger partial charge in [0.15, 0.2) is 9.84 Å². The van der Waals surface area contributed by atoms with Crippen molar-refractivity contribution in [2.45, 2.75) is 37.8 Å². The fraction of sp³-hybridized carbons (Fsp3) is 0.462. The molecule has 0 saturated heterocycles. The van der Waals surface area contributed by atoms with Gasteiger partial charge in [-0.25, -0.2) is 13.4 Å². The topological polar surface area (TPSA) is 56.3 Å². The van der Waals surface area contributed by atoms with Crippen LogP contribution in [0.5, 0.6) is 5.88 Å². The summed E-state index contributed by atoms with van der Waals surface area (Å²) in [4.78, 5) is 4.66. The highest BCUT2D eigenvalue weighted by Gasteiger charge is 2.25. The lowest BCUT2D eigenvalue weighted by Gasteiger charge is -2.08. The molecule has 104 valence electrons. The molecule has 0 bridgehead atoms. The number of aryl methyl sites for hydroxylation is 1. The van der Waals surface area contributed by atoms with Gasteiger partial charge in [-0.15, -0.1) is 11.3 Å². The van der Waals surface area contributed by atoms with Crippen LogP contribution in [0.4, 0.5) is 0 Å². The van der Waals surface area contributed by atoms with E-state index in [4.69, 9.17) is 4.74 Å². The van der Waals surface area contributed by atoms with Crippen LogP contribution >= 0.6 is 11.3 Å². The molecule has 0 N–H and O–H groups in total. The van der Waals surface area contributed by atoms with E-state index in [1.54, 1.807) is 19.2 Å². The lowest BCUT2D eigenvalue weighted by Crippen LogP contribution is -2.13. The van der Waals surface area contributed by atoms with E-state index < -0.39 is 15.1 Å². The predicted octanol–water partition coefficient (Wildman–Crippen LogP) is 3.19. The van der Waals surface area contributed by atoms with Crippen LogP contribution in [-0.4, -0.2) is 25.3 Å². The Morgan fingerprint density at radius 1 is 1.42 bits per heavy atom. The third-order valence-corrected chi connectivity index (χ3v) is 6.29. The number of rotatable bonds is 4. The number of sulfone groups is 1. The predicted molar refractivity (Wildman–Crippen MR) is 77.8 cm³/mol. The number of thiophene rings is 1. The largest absolute Gasteiger partial charge is 0.478 e. The second-order valence-electron chi connectivity index (χ2n) is 4.58. The molecule has 2 aromatic rings. The van der Waals surface area contributed by atoms with E-state index >= 15 is 0 Å². The molecule has 0 aliphatic heterocycles. The van der Waals surface area contributed by atoms with Gasteiger partial charge in [0.25, 0.3) is 0 Å². The summed E-state index contributed by atoms with van der Waals surface area (Å²) < 4.78 is 30.9. The van der Waals surface area contributed by atoms with Crippen LogP contribution in [0.25, 0.3) is 10.2 Å². The molecule has 4 nitrogen and oxygen atoms in total. The van der Waals surface area contributed by atoms with Crippen molar-refractivity contribution in [1.82, 2.24) is 4.98 Å². The molecular weight excluding hydrogens is 282 g/mol. The Morgan fingerprint density at radius 3 is 2.68 bits per heavy atom. The van der Waals surface area contributed by atoms with E-state index in [0.29, 0.717) is 22.9 Å². The Morgan fingerprint density at radius 2 is 2.11 bits per heavy atom. The summed E-state index contributed by atoms with van der Waals surface area (Å²) in [5, 5.41) is 1.22. The van der Waals surface area contributed by atoms with E-state index in [-0.39, 0.29) is 0 Å². The molecule has 6 heteroatoms. The smallest absolute Gasteiger partial charge is 0.214 e. The SMILES string of the molecule is CCOc1cc(C)c2scc(S(=O)(=O)C(C)C)c2n1. The fourth-order valence-electron chi connectivity index (χ4n) is 1.79. The average molecular weight is 299 g/mol. The van der Waals surface area contributed by atoms with Crippen LogP contribution in [0.15, 0.2) is 16.3 Å². The van der Waals surface area contributed by atoms with Crippen LogP contribution in [0.1, 0.15) is 26.3 Å². The Bertz CT molecular complexity index is 702. The number of hydrogen-bond acceptors (Lipinski definition) is 5. The van der Waals surface area contributed by atoms with Gasteiger partial charge in [0.1, 0.15) is 10.4 Å². The normalized spacial score (nSPS) is 12.3. The summed E-state index contributed by atoms with van der Waals surface area (Å²) in [7, 11) is -3.32. The van der Waals surface area contributed by atoms with Crippen molar-refractivity contribution in [3.63, 3.8) is 0 Å². The van der Waals surface area contributed by atoms with Crippen molar-refractivity contribution in [1.29, 1.82) is 0 Å². The number of aromatic nitrogens is 1. The molecule has 0 amide bonds. The van der Waals surface area contributed by atoms with Gasteiger partial charge < -0.3 is 4.74 Å². The van der Waals surface area contributed by atoms with Crippen LogP contribution in [-0.2, 0) is 9.84 Å². The van der Waals surface area contributed by atoms with Crippen LogP contribution in [0.2, 0.25) is 0 Å². The summed E-state index contributed by atoms with van der Waals surface area (Å²) in [5.41, 5.74) is 1.52. The van der Waals surface area contributed by atoms with Gasteiger partial charge in [-0.05, 0) is 33.3 Å². The van der Waals surface area contributed by atoms with Gasteiger partial charge in [-0.2, -0.15) is 0 Å². The van der Waals surface area contributed by atoms with Crippen molar-refractivity contribution >= 4 is 31.4 Å². The first-order valence-electron chi connectivity index (χ1n) is 6.13. The molecule has 2 rings (SSSR count). The third kappa shape index (κ3) is 2.47. The van der Waals surface area contributed by atoms with E-state index in [2.05, 4.69) is 4.98 Å². The zero-order chi connectivity index (χ0) is 14.2. The van der Waals surface area contributed by atoms with Gasteiger partial charge in [-0.1, -0.05) is 0 Å². The van der Waals surface area contributed by atoms with Crippen LogP contribution < -0.4 is 4.74 Å². The fourth-order valence-corrected chi connectivity index (χ4v) is 4.31. The minimum Gasteiger partial charge on any atom is -0.478 e. The number of nitrogens with zero attached hydrogens (tertiary/aromatic N) is 1. The highest BCUT2D eigenvalue weighted by atomic mass is 32.2. The lowest BCUT2D eigenvalue weighted by atomic mass is 10.2. The average Bonchev–Trinajstić information content (AvgIpc) is 2.74. The van der Waals surface area contributed by atoms with Crippen LogP contribution in [0, 0.1) is 6.92 Å². The maximum atomic E-state index is 12.3. The molecular formula is C13H17NO3S2. The minimum absolute atomic E-state index is 0.312. The number of hydrogen-bond donors (Lipinski definition) is 0. The second kappa shape index (κ2) is 5.09. The van der Waals surface area contributed by atoms with Crippen LogP contribution in [0.3, 0.4) is 0 Å². The molecule has 0 radical (unpaired) electrons. The van der Waals surface area contributed by atoms with Gasteiger partial charge in [0, 0.05) is 11.4 Å². The van der Waals surface area contributed by atoms with Gasteiger partial charge in [0.05, 0.1) is 16.6 Å².